The van der Waals surface area contributed by atoms with Crippen molar-refractivity contribution in [1.82, 2.24) is 9.80 Å². The molecule has 2 amide bonds. The molecule has 5 aromatic rings. The number of amides is 2. The number of benzene rings is 1. The highest BCUT2D eigenvalue weighted by Gasteiger charge is 2.51. The monoisotopic (exact) mass is 1020 g/mol. The minimum Gasteiger partial charge on any atom is -0.458 e. The summed E-state index contributed by atoms with van der Waals surface area (Å²) in [5, 5.41) is 2.38. The lowest BCUT2D eigenvalue weighted by Crippen LogP contribution is -2.35. The zero-order valence-electron chi connectivity index (χ0n) is 45.7. The van der Waals surface area contributed by atoms with Crippen molar-refractivity contribution in [1.29, 1.82) is 0 Å². The lowest BCUT2D eigenvalue weighted by atomic mass is 9.93. The van der Waals surface area contributed by atoms with Crippen molar-refractivity contribution >= 4 is 66.1 Å². The third kappa shape index (κ3) is 13.7. The molecule has 2 aliphatic rings. The fourth-order valence-corrected chi connectivity index (χ4v) is 13.2. The number of fused-ring (bicyclic) bond motifs is 4. The van der Waals surface area contributed by atoms with Gasteiger partial charge >= 0.3 is 0 Å². The summed E-state index contributed by atoms with van der Waals surface area (Å²) in [6.45, 7) is 18.1. The molecule has 8 nitrogen and oxygen atoms in total. The van der Waals surface area contributed by atoms with Crippen LogP contribution in [0.25, 0.3) is 42.2 Å². The van der Waals surface area contributed by atoms with Gasteiger partial charge in [-0.3, -0.25) is 9.59 Å². The summed E-state index contributed by atoms with van der Waals surface area (Å²) >= 11 is 3.46. The Balaban J connectivity index is 1.32. The molecule has 2 unspecified atom stereocenters. The van der Waals surface area contributed by atoms with Crippen LogP contribution in [0.4, 0.5) is 0 Å². The van der Waals surface area contributed by atoms with E-state index in [0.717, 1.165) is 66.9 Å². The number of rotatable bonds is 33. The predicted molar refractivity (Wildman–Crippen MR) is 306 cm³/mol. The fourth-order valence-electron chi connectivity index (χ4n) is 11.1. The second kappa shape index (κ2) is 26.0. The fraction of sp³-hybridized carbons (Fsp3) is 0.613. The van der Waals surface area contributed by atoms with E-state index in [9.17, 15) is 0 Å². The molecule has 4 N–H and O–H groups in total. The minimum atomic E-state index is -0.747. The van der Waals surface area contributed by atoms with Gasteiger partial charge in [0.1, 0.15) is 22.9 Å². The van der Waals surface area contributed by atoms with Crippen molar-refractivity contribution in [2.45, 2.75) is 221 Å². The van der Waals surface area contributed by atoms with Crippen LogP contribution in [0.15, 0.2) is 68.5 Å². The van der Waals surface area contributed by atoms with Crippen molar-refractivity contribution < 1.29 is 18.4 Å². The standard InChI is InChI=1S/C62H90N4O4S2/c1-9-13-17-21-23-27-31-43(29-25-19-15-11-3)41-65-57(48-34-33-47(69-48)52-39-45-46-40-54(62(7,8)64)72-51(46)37-36-50(45)71-52)55-56(60(65)68)58(49-35-38-53(70-49)61(5,6)63)66(59(55)67)42-44(30-26-20-16-12-4)32-28-24-22-18-14-10-2/h33-40,43-44H,9-32,41-42,63-64H2,1-8H3. The van der Waals surface area contributed by atoms with E-state index in [1.807, 2.05) is 47.9 Å². The molecule has 0 saturated carbocycles. The molecule has 2 atom stereocenters. The van der Waals surface area contributed by atoms with Crippen LogP contribution in [0, 0.1) is 11.8 Å². The van der Waals surface area contributed by atoms with E-state index in [0.29, 0.717) is 52.9 Å². The van der Waals surface area contributed by atoms with Crippen LogP contribution >= 0.6 is 22.7 Å². The Morgan fingerprint density at radius 1 is 0.486 bits per heavy atom. The van der Waals surface area contributed by atoms with Crippen molar-refractivity contribution in [3.05, 3.63) is 81.8 Å². The molecule has 0 bridgehead atoms. The number of nitrogens with two attached hydrogens (primary N) is 2. The maximum atomic E-state index is 15.8. The molecule has 6 heterocycles. The van der Waals surface area contributed by atoms with Gasteiger partial charge in [-0.05, 0) is 114 Å². The Hall–Kier alpha value is -3.96. The van der Waals surface area contributed by atoms with E-state index in [1.54, 1.807) is 22.7 Å². The van der Waals surface area contributed by atoms with Crippen LogP contribution < -0.4 is 11.5 Å². The number of nitrogens with zero attached hydrogens (tertiary/aromatic N) is 2. The number of hydrogen-bond donors (Lipinski definition) is 2. The van der Waals surface area contributed by atoms with Gasteiger partial charge in [0.2, 0.25) is 0 Å². The molecule has 0 spiro atoms. The number of hydrogen-bond acceptors (Lipinski definition) is 8. The first kappa shape index (κ1) is 55.8. The predicted octanol–water partition coefficient (Wildman–Crippen LogP) is 17.8. The van der Waals surface area contributed by atoms with Crippen LogP contribution in [0.1, 0.15) is 232 Å². The van der Waals surface area contributed by atoms with Crippen molar-refractivity contribution in [2.24, 2.45) is 23.3 Å². The van der Waals surface area contributed by atoms with Gasteiger partial charge < -0.3 is 30.1 Å². The molecule has 10 heteroatoms. The topological polar surface area (TPSA) is 119 Å². The van der Waals surface area contributed by atoms with E-state index in [2.05, 4.69) is 65.8 Å². The van der Waals surface area contributed by atoms with Crippen molar-refractivity contribution in [2.75, 3.05) is 13.1 Å². The van der Waals surface area contributed by atoms with E-state index >= 15 is 9.59 Å². The largest absolute Gasteiger partial charge is 0.458 e. The molecular weight excluding hydrogens is 929 g/mol. The highest BCUT2D eigenvalue weighted by atomic mass is 32.1. The van der Waals surface area contributed by atoms with Gasteiger partial charge in [0, 0.05) is 43.7 Å². The second-order valence-corrected chi connectivity index (χ2v) is 24.9. The molecule has 394 valence electrons. The highest BCUT2D eigenvalue weighted by Crippen LogP contribution is 2.50. The normalized spacial score (nSPS) is 15.5. The lowest BCUT2D eigenvalue weighted by Gasteiger charge is -2.29. The average Bonchev–Trinajstić information content (AvgIpc) is 4.21. The SMILES string of the molecule is CCCCCCCCC(CCCCCC)CN1C(=O)C2=C(c3ccc(C(C)(C)N)o3)N(CC(CCCCCC)CCCCCCCC)C(=O)C2=C1c1ccc(-c2cc3c(ccc4sc(C(C)(C)N)cc43)s2)o1. The summed E-state index contributed by atoms with van der Waals surface area (Å²) in [5.41, 5.74) is 14.1. The number of unbranched alkanes of at least 4 members (excludes halogenated alkanes) is 16. The van der Waals surface area contributed by atoms with Crippen molar-refractivity contribution in [3.63, 3.8) is 0 Å². The first-order valence-corrected chi connectivity index (χ1v) is 30.2. The van der Waals surface area contributed by atoms with Crippen molar-refractivity contribution in [3.8, 4) is 10.6 Å². The Labute approximate surface area is 441 Å². The van der Waals surface area contributed by atoms with E-state index in [-0.39, 0.29) is 23.7 Å². The Bertz CT molecular complexity index is 2610. The zero-order chi connectivity index (χ0) is 51.4. The van der Waals surface area contributed by atoms with Gasteiger partial charge in [0.05, 0.1) is 21.6 Å². The van der Waals surface area contributed by atoms with Crippen LogP contribution in [0.5, 0.6) is 0 Å². The van der Waals surface area contributed by atoms with Gasteiger partial charge in [-0.1, -0.05) is 156 Å². The average molecular weight is 1020 g/mol. The van der Waals surface area contributed by atoms with Gasteiger partial charge in [-0.15, -0.1) is 22.7 Å². The van der Waals surface area contributed by atoms with Gasteiger partial charge in [0.25, 0.3) is 11.8 Å². The number of furan rings is 2. The molecule has 1 aromatic carbocycles. The molecule has 2 aliphatic heterocycles. The van der Waals surface area contributed by atoms with Crippen LogP contribution in [0.3, 0.4) is 0 Å². The van der Waals surface area contributed by atoms with Gasteiger partial charge in [-0.25, -0.2) is 0 Å². The summed E-state index contributed by atoms with van der Waals surface area (Å²) in [6, 6.07) is 16.8. The Kier molecular flexibility index (Phi) is 20.1. The summed E-state index contributed by atoms with van der Waals surface area (Å²) in [4.78, 5) is 37.5. The molecule has 4 aromatic heterocycles. The third-order valence-corrected chi connectivity index (χ3v) is 17.9. The number of carbonyl (C=O) groups excluding carboxylic acids is 2. The summed E-state index contributed by atoms with van der Waals surface area (Å²) < 4.78 is 16.1. The molecule has 72 heavy (non-hydrogen) atoms. The molecule has 7 rings (SSSR count). The molecule has 0 aliphatic carbocycles. The first-order chi connectivity index (χ1) is 34.7. The summed E-state index contributed by atoms with van der Waals surface area (Å²) in [6.07, 6.45) is 28.3. The van der Waals surface area contributed by atoms with Crippen LogP contribution in [0.2, 0.25) is 0 Å². The Morgan fingerprint density at radius 3 is 1.35 bits per heavy atom. The molecule has 0 fully saturated rings. The maximum absolute atomic E-state index is 15.8. The summed E-state index contributed by atoms with van der Waals surface area (Å²) in [5.74, 6) is 2.73. The highest BCUT2D eigenvalue weighted by molar-refractivity contribution is 7.23. The zero-order valence-corrected chi connectivity index (χ0v) is 47.3. The smallest absolute Gasteiger partial charge is 0.261 e. The molecule has 0 saturated heterocycles. The molecule has 0 radical (unpaired) electrons. The van der Waals surface area contributed by atoms with Gasteiger partial charge in [0.15, 0.2) is 11.5 Å². The van der Waals surface area contributed by atoms with Gasteiger partial charge in [-0.2, -0.15) is 0 Å². The minimum absolute atomic E-state index is 0.133. The maximum Gasteiger partial charge on any atom is 0.261 e. The lowest BCUT2D eigenvalue weighted by molar-refractivity contribution is -0.124. The summed E-state index contributed by atoms with van der Waals surface area (Å²) in [7, 11) is 0. The Morgan fingerprint density at radius 2 is 0.889 bits per heavy atom. The van der Waals surface area contributed by atoms with Crippen LogP contribution in [-0.4, -0.2) is 34.7 Å². The second-order valence-electron chi connectivity index (χ2n) is 22.7. The third-order valence-electron chi connectivity index (χ3n) is 15.3. The molecular formula is C62H90N4O4S2. The van der Waals surface area contributed by atoms with E-state index in [4.69, 9.17) is 20.3 Å². The first-order valence-electron chi connectivity index (χ1n) is 28.6. The van der Waals surface area contributed by atoms with Crippen LogP contribution in [-0.2, 0) is 20.7 Å². The quantitative estimate of drug-likeness (QED) is 0.0404. The van der Waals surface area contributed by atoms with E-state index in [1.165, 1.54) is 123 Å². The number of carbonyl (C=O) groups is 2. The van der Waals surface area contributed by atoms with E-state index < -0.39 is 11.1 Å². The number of thiophene rings is 2.